The summed E-state index contributed by atoms with van der Waals surface area (Å²) in [5.41, 5.74) is 1.47. The molecule has 0 unspecified atom stereocenters. The number of aromatic nitrogens is 2. The second-order valence-corrected chi connectivity index (χ2v) is 3.63. The van der Waals surface area contributed by atoms with Gasteiger partial charge in [-0.05, 0) is 32.0 Å². The zero-order valence-electron chi connectivity index (χ0n) is 8.65. The number of ether oxygens (including phenoxy) is 1. The Bertz CT molecular complexity index is 488. The molecule has 1 aromatic heterocycles. The highest BCUT2D eigenvalue weighted by molar-refractivity contribution is 5.94. The van der Waals surface area contributed by atoms with E-state index in [-0.39, 0.29) is 12.1 Å². The summed E-state index contributed by atoms with van der Waals surface area (Å²) in [6, 6.07) is 5.31. The molecule has 1 N–H and O–H groups in total. The van der Waals surface area contributed by atoms with E-state index in [1.165, 1.54) is 0 Å². The van der Waals surface area contributed by atoms with E-state index in [1.54, 1.807) is 18.3 Å². The first kappa shape index (κ1) is 9.71. The molecule has 0 aliphatic carbocycles. The molecule has 4 nitrogen and oxygen atoms in total. The van der Waals surface area contributed by atoms with Gasteiger partial charge in [-0.25, -0.2) is 4.79 Å². The Morgan fingerprint density at radius 1 is 1.47 bits per heavy atom. The SMILES string of the molecule is CC(C)OC(=O)c1ccc2[nH]ncc2c1. The summed E-state index contributed by atoms with van der Waals surface area (Å²) < 4.78 is 5.09. The topological polar surface area (TPSA) is 55.0 Å². The zero-order valence-corrected chi connectivity index (χ0v) is 8.65. The van der Waals surface area contributed by atoms with Gasteiger partial charge in [-0.3, -0.25) is 5.10 Å². The fourth-order valence-corrected chi connectivity index (χ4v) is 1.35. The van der Waals surface area contributed by atoms with Crippen molar-refractivity contribution in [2.24, 2.45) is 0 Å². The third-order valence-corrected chi connectivity index (χ3v) is 2.02. The van der Waals surface area contributed by atoms with Gasteiger partial charge in [0.15, 0.2) is 0 Å². The van der Waals surface area contributed by atoms with Gasteiger partial charge in [0.2, 0.25) is 0 Å². The lowest BCUT2D eigenvalue weighted by atomic mass is 10.1. The van der Waals surface area contributed by atoms with Crippen LogP contribution in [0.4, 0.5) is 0 Å². The first-order valence-corrected chi connectivity index (χ1v) is 4.81. The molecule has 0 fully saturated rings. The van der Waals surface area contributed by atoms with Crippen molar-refractivity contribution in [1.29, 1.82) is 0 Å². The Labute approximate surface area is 87.2 Å². The average Bonchev–Trinajstić information content (AvgIpc) is 2.62. The van der Waals surface area contributed by atoms with Gasteiger partial charge in [-0.1, -0.05) is 0 Å². The Morgan fingerprint density at radius 2 is 2.27 bits per heavy atom. The summed E-state index contributed by atoms with van der Waals surface area (Å²) >= 11 is 0. The number of fused-ring (bicyclic) bond motifs is 1. The van der Waals surface area contributed by atoms with Crippen molar-refractivity contribution in [3.05, 3.63) is 30.0 Å². The third kappa shape index (κ3) is 1.98. The van der Waals surface area contributed by atoms with E-state index in [0.29, 0.717) is 5.56 Å². The molecule has 2 rings (SSSR count). The number of nitrogens with one attached hydrogen (secondary N) is 1. The molecule has 0 saturated carbocycles. The quantitative estimate of drug-likeness (QED) is 0.762. The summed E-state index contributed by atoms with van der Waals surface area (Å²) in [6.45, 7) is 3.66. The normalized spacial score (nSPS) is 10.9. The minimum Gasteiger partial charge on any atom is -0.459 e. The van der Waals surface area contributed by atoms with Crippen LogP contribution in [0.5, 0.6) is 0 Å². The number of carbonyl (C=O) groups excluding carboxylic acids is 1. The molecule has 0 spiro atoms. The minimum atomic E-state index is -0.298. The second-order valence-electron chi connectivity index (χ2n) is 3.63. The van der Waals surface area contributed by atoms with Gasteiger partial charge in [0.05, 0.1) is 23.4 Å². The molecule has 0 bridgehead atoms. The molecule has 78 valence electrons. The van der Waals surface area contributed by atoms with Crippen molar-refractivity contribution in [1.82, 2.24) is 10.2 Å². The minimum absolute atomic E-state index is 0.0995. The van der Waals surface area contributed by atoms with Gasteiger partial charge in [0, 0.05) is 5.39 Å². The summed E-state index contributed by atoms with van der Waals surface area (Å²) in [5, 5.41) is 7.62. The van der Waals surface area contributed by atoms with Crippen LogP contribution in [0.2, 0.25) is 0 Å². The highest BCUT2D eigenvalue weighted by Gasteiger charge is 2.09. The lowest BCUT2D eigenvalue weighted by Crippen LogP contribution is -2.11. The maximum absolute atomic E-state index is 11.6. The number of aromatic amines is 1. The van der Waals surface area contributed by atoms with Gasteiger partial charge < -0.3 is 4.74 Å². The highest BCUT2D eigenvalue weighted by atomic mass is 16.5. The smallest absolute Gasteiger partial charge is 0.338 e. The standard InChI is InChI=1S/C11H12N2O2/c1-7(2)15-11(14)8-3-4-10-9(5-8)6-12-13-10/h3-7H,1-2H3,(H,12,13). The van der Waals surface area contributed by atoms with Gasteiger partial charge in [-0.15, -0.1) is 0 Å². The van der Waals surface area contributed by atoms with E-state index in [4.69, 9.17) is 4.74 Å². The zero-order chi connectivity index (χ0) is 10.8. The van der Waals surface area contributed by atoms with E-state index >= 15 is 0 Å². The fraction of sp³-hybridized carbons (Fsp3) is 0.273. The lowest BCUT2D eigenvalue weighted by molar-refractivity contribution is 0.0378. The molecule has 0 amide bonds. The monoisotopic (exact) mass is 204 g/mol. The lowest BCUT2D eigenvalue weighted by Gasteiger charge is -2.07. The van der Waals surface area contributed by atoms with Crippen molar-refractivity contribution >= 4 is 16.9 Å². The van der Waals surface area contributed by atoms with E-state index in [1.807, 2.05) is 19.9 Å². The number of esters is 1. The molecule has 2 aromatic rings. The van der Waals surface area contributed by atoms with Gasteiger partial charge in [0.1, 0.15) is 0 Å². The van der Waals surface area contributed by atoms with Crippen LogP contribution in [0, 0.1) is 0 Å². The van der Waals surface area contributed by atoms with Crippen LogP contribution in [-0.2, 0) is 4.74 Å². The van der Waals surface area contributed by atoms with Crippen molar-refractivity contribution in [3.63, 3.8) is 0 Å². The molecular weight excluding hydrogens is 192 g/mol. The van der Waals surface area contributed by atoms with Crippen LogP contribution in [0.3, 0.4) is 0 Å². The molecule has 0 saturated heterocycles. The van der Waals surface area contributed by atoms with E-state index in [2.05, 4.69) is 10.2 Å². The van der Waals surface area contributed by atoms with Gasteiger partial charge >= 0.3 is 5.97 Å². The third-order valence-electron chi connectivity index (χ3n) is 2.02. The van der Waals surface area contributed by atoms with E-state index in [9.17, 15) is 4.79 Å². The van der Waals surface area contributed by atoms with Gasteiger partial charge in [0.25, 0.3) is 0 Å². The molecule has 0 radical (unpaired) electrons. The molecule has 0 atom stereocenters. The van der Waals surface area contributed by atoms with Crippen LogP contribution in [-0.4, -0.2) is 22.3 Å². The van der Waals surface area contributed by atoms with Crippen LogP contribution in [0.15, 0.2) is 24.4 Å². The second kappa shape index (κ2) is 3.73. The first-order valence-electron chi connectivity index (χ1n) is 4.81. The summed E-state index contributed by atoms with van der Waals surface area (Å²) in [6.07, 6.45) is 1.58. The molecule has 1 aromatic carbocycles. The Kier molecular flexibility index (Phi) is 2.41. The fourth-order valence-electron chi connectivity index (χ4n) is 1.35. The Balaban J connectivity index is 2.31. The van der Waals surface area contributed by atoms with Crippen molar-refractivity contribution in [2.45, 2.75) is 20.0 Å². The number of hydrogen-bond acceptors (Lipinski definition) is 3. The summed E-state index contributed by atoms with van der Waals surface area (Å²) in [5.74, 6) is -0.298. The van der Waals surface area contributed by atoms with E-state index in [0.717, 1.165) is 10.9 Å². The predicted octanol–water partition coefficient (Wildman–Crippen LogP) is 2.13. The molecule has 4 heteroatoms. The van der Waals surface area contributed by atoms with E-state index < -0.39 is 0 Å². The predicted molar refractivity (Wildman–Crippen MR) is 56.6 cm³/mol. The Morgan fingerprint density at radius 3 is 3.00 bits per heavy atom. The molecule has 0 aliphatic heterocycles. The number of hydrogen-bond donors (Lipinski definition) is 1. The summed E-state index contributed by atoms with van der Waals surface area (Å²) in [4.78, 5) is 11.6. The Hall–Kier alpha value is -1.84. The van der Waals surface area contributed by atoms with Crippen LogP contribution >= 0.6 is 0 Å². The van der Waals surface area contributed by atoms with Crippen molar-refractivity contribution in [3.8, 4) is 0 Å². The number of rotatable bonds is 2. The maximum Gasteiger partial charge on any atom is 0.338 e. The van der Waals surface area contributed by atoms with Crippen LogP contribution in [0.1, 0.15) is 24.2 Å². The van der Waals surface area contributed by atoms with Crippen molar-refractivity contribution in [2.75, 3.05) is 0 Å². The average molecular weight is 204 g/mol. The highest BCUT2D eigenvalue weighted by Crippen LogP contribution is 2.14. The van der Waals surface area contributed by atoms with Gasteiger partial charge in [-0.2, -0.15) is 5.10 Å². The molecule has 1 heterocycles. The largest absolute Gasteiger partial charge is 0.459 e. The van der Waals surface area contributed by atoms with Crippen LogP contribution < -0.4 is 0 Å². The maximum atomic E-state index is 11.6. The molecule has 0 aliphatic rings. The summed E-state index contributed by atoms with van der Waals surface area (Å²) in [7, 11) is 0. The van der Waals surface area contributed by atoms with Crippen LogP contribution in [0.25, 0.3) is 10.9 Å². The first-order chi connectivity index (χ1) is 7.16. The molecule has 15 heavy (non-hydrogen) atoms. The number of benzene rings is 1. The van der Waals surface area contributed by atoms with Crippen molar-refractivity contribution < 1.29 is 9.53 Å². The molecular formula is C11H12N2O2. The number of H-pyrrole nitrogens is 1. The number of nitrogens with zero attached hydrogens (tertiary/aromatic N) is 1. The number of carbonyl (C=O) groups is 1.